The highest BCUT2D eigenvalue weighted by Crippen LogP contribution is 2.22. The molecule has 5 aromatic rings. The van der Waals surface area contributed by atoms with E-state index in [0.717, 1.165) is 14.5 Å². The zero-order valence-corrected chi connectivity index (χ0v) is 25.1. The molecule has 2 aromatic carbocycles. The van der Waals surface area contributed by atoms with Crippen molar-refractivity contribution < 1.29 is 28.3 Å². The van der Waals surface area contributed by atoms with E-state index < -0.39 is 12.9 Å². The number of ether oxygens (including phenoxy) is 2. The van der Waals surface area contributed by atoms with Gasteiger partial charge in [0.1, 0.15) is 18.0 Å². The van der Waals surface area contributed by atoms with Crippen LogP contribution in [0.1, 0.15) is 0 Å². The molecule has 0 spiro atoms. The van der Waals surface area contributed by atoms with Gasteiger partial charge < -0.3 is 19.5 Å². The average Bonchev–Trinajstić information content (AvgIpc) is 2.99. The summed E-state index contributed by atoms with van der Waals surface area (Å²) in [5, 5.41) is 17.0. The molecule has 0 saturated heterocycles. The Labute approximate surface area is 253 Å². The molecule has 5 rings (SSSR count). The highest BCUT2D eigenvalue weighted by molar-refractivity contribution is 9.10. The van der Waals surface area contributed by atoms with E-state index in [-0.39, 0.29) is 11.3 Å². The summed E-state index contributed by atoms with van der Waals surface area (Å²) in [6.07, 6.45) is 8.15. The topological polar surface area (TPSA) is 110 Å². The highest BCUT2D eigenvalue weighted by atomic mass is 79.9. The van der Waals surface area contributed by atoms with Gasteiger partial charge in [-0.25, -0.2) is 28.7 Å². The molecule has 0 amide bonds. The van der Waals surface area contributed by atoms with E-state index in [2.05, 4.69) is 51.8 Å². The van der Waals surface area contributed by atoms with E-state index in [1.807, 2.05) is 6.07 Å². The molecular formula is C28H25BBr2F2N4O4. The van der Waals surface area contributed by atoms with Gasteiger partial charge in [-0.1, -0.05) is 36.4 Å². The van der Waals surface area contributed by atoms with E-state index in [4.69, 9.17) is 19.5 Å². The summed E-state index contributed by atoms with van der Waals surface area (Å²) in [5.74, 6) is 0.315. The Morgan fingerprint density at radius 3 is 1.63 bits per heavy atom. The Hall–Kier alpha value is -3.78. The number of rotatable bonds is 4. The van der Waals surface area contributed by atoms with Crippen LogP contribution in [0, 0.1) is 11.6 Å². The minimum Gasteiger partial charge on any atom is -0.481 e. The first kappa shape index (κ1) is 33.4. The largest absolute Gasteiger partial charge is 0.491 e. The van der Waals surface area contributed by atoms with Crippen molar-refractivity contribution in [3.8, 4) is 22.9 Å². The molecule has 0 aliphatic carbocycles. The predicted molar refractivity (Wildman–Crippen MR) is 161 cm³/mol. The molecule has 3 heterocycles. The van der Waals surface area contributed by atoms with Gasteiger partial charge in [0.2, 0.25) is 11.8 Å². The van der Waals surface area contributed by atoms with Crippen LogP contribution < -0.4 is 14.9 Å². The van der Waals surface area contributed by atoms with Crippen LogP contribution in [0.15, 0.2) is 113 Å². The average molecular weight is 690 g/mol. The number of hydrogen-bond acceptors (Lipinski definition) is 8. The van der Waals surface area contributed by atoms with Crippen molar-refractivity contribution in [3.63, 3.8) is 0 Å². The maximum Gasteiger partial charge on any atom is 0.491 e. The number of methoxy groups -OCH3 is 2. The fraction of sp³-hybridized carbons (Fsp3) is 0.0714. The van der Waals surface area contributed by atoms with Gasteiger partial charge >= 0.3 is 7.12 Å². The molecule has 8 nitrogen and oxygen atoms in total. The zero-order valence-electron chi connectivity index (χ0n) is 21.9. The monoisotopic (exact) mass is 688 g/mol. The molecule has 13 heteroatoms. The van der Waals surface area contributed by atoms with Gasteiger partial charge in [0.15, 0.2) is 0 Å². The Morgan fingerprint density at radius 2 is 1.22 bits per heavy atom. The van der Waals surface area contributed by atoms with E-state index in [1.165, 1.54) is 36.7 Å². The molecule has 212 valence electrons. The van der Waals surface area contributed by atoms with E-state index in [0.29, 0.717) is 17.3 Å². The van der Waals surface area contributed by atoms with Crippen molar-refractivity contribution in [1.82, 2.24) is 19.9 Å². The SMILES string of the molecule is Brc1cncnc1.COc1ccc(-c2ccccc2F)cn1.COc1ccc(Br)cn1.OB(O)c1ccccc1F. The molecule has 0 saturated carbocycles. The lowest BCUT2D eigenvalue weighted by atomic mass is 9.80. The van der Waals surface area contributed by atoms with Gasteiger partial charge in [0.05, 0.1) is 18.7 Å². The molecule has 3 aromatic heterocycles. The van der Waals surface area contributed by atoms with Crippen molar-refractivity contribution >= 4 is 44.4 Å². The second-order valence-corrected chi connectivity index (χ2v) is 9.37. The summed E-state index contributed by atoms with van der Waals surface area (Å²) in [7, 11) is 1.42. The predicted octanol–water partition coefficient (Wildman–Crippen LogP) is 5.49. The summed E-state index contributed by atoms with van der Waals surface area (Å²) in [6, 6.07) is 19.3. The van der Waals surface area contributed by atoms with E-state index >= 15 is 0 Å². The van der Waals surface area contributed by atoms with Gasteiger partial charge in [-0.15, -0.1) is 0 Å². The smallest absolute Gasteiger partial charge is 0.481 e. The molecule has 0 aliphatic heterocycles. The number of hydrogen-bond donors (Lipinski definition) is 2. The Kier molecular flexibility index (Phi) is 15.1. The fourth-order valence-corrected chi connectivity index (χ4v) is 3.28. The number of pyridine rings is 2. The molecule has 0 unspecified atom stereocenters. The van der Waals surface area contributed by atoms with Crippen LogP contribution in [0.5, 0.6) is 11.8 Å². The van der Waals surface area contributed by atoms with Crippen molar-refractivity contribution in [2.45, 2.75) is 0 Å². The van der Waals surface area contributed by atoms with E-state index in [1.54, 1.807) is 75.4 Å². The second-order valence-electron chi connectivity index (χ2n) is 7.54. The van der Waals surface area contributed by atoms with Gasteiger partial charge in [0, 0.05) is 58.0 Å². The Morgan fingerprint density at radius 1 is 0.659 bits per heavy atom. The second kappa shape index (κ2) is 18.5. The van der Waals surface area contributed by atoms with Gasteiger partial charge in [-0.2, -0.15) is 0 Å². The van der Waals surface area contributed by atoms with Crippen LogP contribution >= 0.6 is 31.9 Å². The summed E-state index contributed by atoms with van der Waals surface area (Å²) in [4.78, 5) is 15.4. The van der Waals surface area contributed by atoms with Crippen molar-refractivity contribution in [2.75, 3.05) is 14.2 Å². The van der Waals surface area contributed by atoms with Crippen LogP contribution in [0.25, 0.3) is 11.1 Å². The molecule has 0 bridgehead atoms. The van der Waals surface area contributed by atoms with Crippen molar-refractivity contribution in [3.05, 3.63) is 124 Å². The van der Waals surface area contributed by atoms with Crippen LogP contribution in [0.4, 0.5) is 8.78 Å². The molecule has 0 aliphatic rings. The number of aromatic nitrogens is 4. The van der Waals surface area contributed by atoms with Crippen LogP contribution in [-0.2, 0) is 0 Å². The van der Waals surface area contributed by atoms with Gasteiger partial charge in [-0.3, -0.25) is 0 Å². The Balaban J connectivity index is 0.000000200. The molecular weight excluding hydrogens is 665 g/mol. The molecule has 41 heavy (non-hydrogen) atoms. The third-order valence-electron chi connectivity index (χ3n) is 4.75. The highest BCUT2D eigenvalue weighted by Gasteiger charge is 2.14. The van der Waals surface area contributed by atoms with Crippen LogP contribution in [0.2, 0.25) is 0 Å². The minimum atomic E-state index is -1.72. The fourth-order valence-electron chi connectivity index (χ4n) is 2.80. The van der Waals surface area contributed by atoms with E-state index in [9.17, 15) is 8.78 Å². The van der Waals surface area contributed by atoms with Gasteiger partial charge in [-0.05, 0) is 56.1 Å². The summed E-state index contributed by atoms with van der Waals surface area (Å²) in [6.45, 7) is 0. The minimum absolute atomic E-state index is 0.0949. The number of nitrogens with zero attached hydrogens (tertiary/aromatic N) is 4. The molecule has 2 N–H and O–H groups in total. The van der Waals surface area contributed by atoms with Crippen molar-refractivity contribution in [2.24, 2.45) is 0 Å². The summed E-state index contributed by atoms with van der Waals surface area (Å²) >= 11 is 6.44. The summed E-state index contributed by atoms with van der Waals surface area (Å²) < 4.78 is 37.6. The normalized spacial score (nSPS) is 9.46. The lowest BCUT2D eigenvalue weighted by Gasteiger charge is -2.03. The summed E-state index contributed by atoms with van der Waals surface area (Å²) in [5.41, 5.74) is 1.20. The first-order chi connectivity index (χ1) is 19.7. The standard InChI is InChI=1S/C12H10FNO.C6H6BFO2.C6H6BrNO.C4H3BrN2/c1-15-12-7-6-9(8-14-12)10-4-2-3-5-11(10)13;8-6-4-2-1-3-5(6)7(9)10;1-9-6-3-2-5(7)4-8-6;5-4-1-6-3-7-2-4/h2-8H,1H3;1-4,9-10H;2-4H,1H3;1-3H. The quantitative estimate of drug-likeness (QED) is 0.239. The number of halogens is 4. The van der Waals surface area contributed by atoms with Crippen molar-refractivity contribution in [1.29, 1.82) is 0 Å². The molecule has 0 atom stereocenters. The third kappa shape index (κ3) is 12.5. The zero-order chi connectivity index (χ0) is 30.0. The van der Waals surface area contributed by atoms with Crippen LogP contribution in [-0.4, -0.2) is 51.3 Å². The maximum absolute atomic E-state index is 13.4. The first-order valence-electron chi connectivity index (χ1n) is 11.7. The maximum atomic E-state index is 13.4. The first-order valence-corrected chi connectivity index (χ1v) is 13.2. The lowest BCUT2D eigenvalue weighted by Crippen LogP contribution is -2.32. The van der Waals surface area contributed by atoms with Crippen LogP contribution in [0.3, 0.4) is 0 Å². The third-order valence-corrected chi connectivity index (χ3v) is 5.63. The molecule has 0 fully saturated rings. The number of benzene rings is 2. The molecule has 0 radical (unpaired) electrons. The Bertz CT molecular complexity index is 1440. The van der Waals surface area contributed by atoms with Gasteiger partial charge in [0.25, 0.3) is 0 Å². The lowest BCUT2D eigenvalue weighted by molar-refractivity contribution is 0.397.